The van der Waals surface area contributed by atoms with Gasteiger partial charge in [-0.05, 0) is 40.5 Å². The summed E-state index contributed by atoms with van der Waals surface area (Å²) in [4.78, 5) is 22.1. The molecule has 146 valence electrons. The molecular formula is C18H32N6O2. The van der Waals surface area contributed by atoms with Crippen molar-refractivity contribution in [3.8, 4) is 0 Å². The van der Waals surface area contributed by atoms with E-state index in [0.717, 1.165) is 37.7 Å². The molecule has 0 atom stereocenters. The van der Waals surface area contributed by atoms with Gasteiger partial charge in [-0.3, -0.25) is 4.99 Å². The highest BCUT2D eigenvalue weighted by atomic mass is 16.6. The van der Waals surface area contributed by atoms with Gasteiger partial charge in [0.2, 0.25) is 0 Å². The second kappa shape index (κ2) is 8.91. The first kappa shape index (κ1) is 20.1. The van der Waals surface area contributed by atoms with Crippen molar-refractivity contribution in [2.75, 3.05) is 26.7 Å². The highest BCUT2D eigenvalue weighted by Crippen LogP contribution is 2.15. The molecule has 1 aromatic heterocycles. The van der Waals surface area contributed by atoms with E-state index < -0.39 is 5.60 Å². The van der Waals surface area contributed by atoms with E-state index in [1.165, 1.54) is 0 Å². The normalized spacial score (nSPS) is 15.6. The Kier molecular flexibility index (Phi) is 6.88. The molecule has 0 radical (unpaired) electrons. The summed E-state index contributed by atoms with van der Waals surface area (Å²) in [5.41, 5.74) is -0.456. The van der Waals surface area contributed by atoms with Crippen molar-refractivity contribution >= 4 is 12.1 Å². The van der Waals surface area contributed by atoms with Crippen molar-refractivity contribution < 1.29 is 9.53 Å². The molecule has 0 bridgehead atoms. The van der Waals surface area contributed by atoms with Crippen LogP contribution in [0.15, 0.2) is 17.4 Å². The number of likely N-dealkylation sites (tertiary alicyclic amines) is 1. The zero-order valence-corrected chi connectivity index (χ0v) is 16.6. The maximum atomic E-state index is 11.9. The summed E-state index contributed by atoms with van der Waals surface area (Å²) in [6.45, 7) is 10.7. The Hall–Kier alpha value is -2.25. The first-order valence-electron chi connectivity index (χ1n) is 9.21. The SMILES string of the molecule is CN=C(NCCCCn1ccnc1C)NC1CN(C(=O)OC(C)(C)C)C1. The van der Waals surface area contributed by atoms with Crippen molar-refractivity contribution in [3.63, 3.8) is 0 Å². The van der Waals surface area contributed by atoms with Crippen LogP contribution in [0.3, 0.4) is 0 Å². The minimum absolute atomic E-state index is 0.210. The van der Waals surface area contributed by atoms with E-state index in [1.807, 2.05) is 40.1 Å². The molecule has 26 heavy (non-hydrogen) atoms. The van der Waals surface area contributed by atoms with E-state index in [2.05, 4.69) is 25.2 Å². The van der Waals surface area contributed by atoms with Crippen LogP contribution in [0.1, 0.15) is 39.4 Å². The highest BCUT2D eigenvalue weighted by molar-refractivity contribution is 5.80. The van der Waals surface area contributed by atoms with Crippen LogP contribution < -0.4 is 10.6 Å². The molecule has 1 aromatic rings. The molecule has 1 aliphatic heterocycles. The number of aromatic nitrogens is 2. The molecule has 2 rings (SSSR count). The number of aryl methyl sites for hydroxylation is 2. The summed E-state index contributed by atoms with van der Waals surface area (Å²) in [5.74, 6) is 1.83. The number of nitrogens with one attached hydrogen (secondary N) is 2. The molecule has 0 saturated carbocycles. The predicted molar refractivity (Wildman–Crippen MR) is 102 cm³/mol. The number of unbranched alkanes of at least 4 members (excludes halogenated alkanes) is 1. The number of hydrogen-bond donors (Lipinski definition) is 2. The number of nitrogens with zero attached hydrogens (tertiary/aromatic N) is 4. The third kappa shape index (κ3) is 6.24. The van der Waals surface area contributed by atoms with Gasteiger partial charge in [0, 0.05) is 45.6 Å². The summed E-state index contributed by atoms with van der Waals surface area (Å²) < 4.78 is 7.52. The van der Waals surface area contributed by atoms with Gasteiger partial charge in [0.1, 0.15) is 11.4 Å². The first-order valence-corrected chi connectivity index (χ1v) is 9.21. The van der Waals surface area contributed by atoms with Crippen molar-refractivity contribution in [1.29, 1.82) is 0 Å². The quantitative estimate of drug-likeness (QED) is 0.456. The van der Waals surface area contributed by atoms with Crippen LogP contribution in [0.4, 0.5) is 4.79 Å². The number of imidazole rings is 1. The molecule has 0 aliphatic carbocycles. The van der Waals surface area contributed by atoms with E-state index in [4.69, 9.17) is 4.74 Å². The van der Waals surface area contributed by atoms with Crippen molar-refractivity contribution in [2.45, 2.75) is 58.7 Å². The Morgan fingerprint density at radius 1 is 1.38 bits per heavy atom. The van der Waals surface area contributed by atoms with Crippen molar-refractivity contribution in [3.05, 3.63) is 18.2 Å². The number of amides is 1. The monoisotopic (exact) mass is 364 g/mol. The zero-order valence-electron chi connectivity index (χ0n) is 16.6. The van der Waals surface area contributed by atoms with Crippen LogP contribution in [0, 0.1) is 6.92 Å². The van der Waals surface area contributed by atoms with Crippen molar-refractivity contribution in [1.82, 2.24) is 25.1 Å². The van der Waals surface area contributed by atoms with Gasteiger partial charge in [0.15, 0.2) is 5.96 Å². The van der Waals surface area contributed by atoms with Crippen molar-refractivity contribution in [2.24, 2.45) is 4.99 Å². The Balaban J connectivity index is 1.59. The van der Waals surface area contributed by atoms with Crippen LogP contribution in [0.25, 0.3) is 0 Å². The molecule has 0 unspecified atom stereocenters. The minimum Gasteiger partial charge on any atom is -0.444 e. The van der Waals surface area contributed by atoms with Gasteiger partial charge in [-0.15, -0.1) is 0 Å². The molecule has 2 N–H and O–H groups in total. The number of carbonyl (C=O) groups is 1. The van der Waals surface area contributed by atoms with Gasteiger partial charge < -0.3 is 24.8 Å². The maximum absolute atomic E-state index is 11.9. The van der Waals surface area contributed by atoms with Gasteiger partial charge in [0.05, 0.1) is 6.04 Å². The number of carbonyl (C=O) groups excluding carboxylic acids is 1. The smallest absolute Gasteiger partial charge is 0.410 e. The summed E-state index contributed by atoms with van der Waals surface area (Å²) in [5, 5.41) is 6.66. The third-order valence-electron chi connectivity index (χ3n) is 4.14. The fourth-order valence-electron chi connectivity index (χ4n) is 2.69. The fraction of sp³-hybridized carbons (Fsp3) is 0.722. The van der Waals surface area contributed by atoms with E-state index in [-0.39, 0.29) is 12.1 Å². The lowest BCUT2D eigenvalue weighted by molar-refractivity contribution is 0.00701. The number of ether oxygens (including phenoxy) is 1. The molecule has 2 heterocycles. The van der Waals surface area contributed by atoms with E-state index >= 15 is 0 Å². The molecule has 1 saturated heterocycles. The molecule has 1 aliphatic rings. The molecule has 1 amide bonds. The lowest BCUT2D eigenvalue weighted by Crippen LogP contribution is -2.63. The number of guanidine groups is 1. The van der Waals surface area contributed by atoms with Gasteiger partial charge in [0.25, 0.3) is 0 Å². The standard InChI is InChI=1S/C18H32N6O2/c1-14-20-9-11-23(14)10-7-6-8-21-16(19-5)22-15-12-24(13-15)17(25)26-18(2,3)4/h9,11,15H,6-8,10,12-13H2,1-5H3,(H2,19,21,22). The predicted octanol–water partition coefficient (Wildman–Crippen LogP) is 1.76. The number of rotatable bonds is 6. The molecule has 0 spiro atoms. The van der Waals surface area contributed by atoms with Crippen LogP contribution >= 0.6 is 0 Å². The lowest BCUT2D eigenvalue weighted by Gasteiger charge is -2.40. The Labute approximate surface area is 156 Å². The zero-order chi connectivity index (χ0) is 19.2. The fourth-order valence-corrected chi connectivity index (χ4v) is 2.69. The van der Waals surface area contributed by atoms with Gasteiger partial charge >= 0.3 is 6.09 Å². The summed E-state index contributed by atoms with van der Waals surface area (Å²) in [6.07, 6.45) is 5.71. The minimum atomic E-state index is -0.456. The average Bonchev–Trinajstić information content (AvgIpc) is 2.91. The number of aliphatic imine (C=N–C) groups is 1. The van der Waals surface area contributed by atoms with Crippen LogP contribution in [-0.2, 0) is 11.3 Å². The first-order chi connectivity index (χ1) is 12.3. The van der Waals surface area contributed by atoms with Crippen LogP contribution in [0.2, 0.25) is 0 Å². The third-order valence-corrected chi connectivity index (χ3v) is 4.14. The topological polar surface area (TPSA) is 83.8 Å². The Morgan fingerprint density at radius 2 is 2.12 bits per heavy atom. The molecule has 8 heteroatoms. The average molecular weight is 364 g/mol. The van der Waals surface area contributed by atoms with Gasteiger partial charge in [-0.1, -0.05) is 0 Å². The van der Waals surface area contributed by atoms with E-state index in [9.17, 15) is 4.79 Å². The summed E-state index contributed by atoms with van der Waals surface area (Å²) >= 11 is 0. The molecule has 1 fully saturated rings. The van der Waals surface area contributed by atoms with Crippen LogP contribution in [-0.4, -0.2) is 64.8 Å². The Bertz CT molecular complexity index is 613. The molecule has 0 aromatic carbocycles. The maximum Gasteiger partial charge on any atom is 0.410 e. The Morgan fingerprint density at radius 3 is 2.69 bits per heavy atom. The molecule has 8 nitrogen and oxygen atoms in total. The second-order valence-electron chi connectivity index (χ2n) is 7.60. The van der Waals surface area contributed by atoms with Gasteiger partial charge in [-0.2, -0.15) is 0 Å². The highest BCUT2D eigenvalue weighted by Gasteiger charge is 2.34. The number of hydrogen-bond acceptors (Lipinski definition) is 4. The van der Waals surface area contributed by atoms with E-state index in [1.54, 1.807) is 11.9 Å². The van der Waals surface area contributed by atoms with Crippen LogP contribution in [0.5, 0.6) is 0 Å². The largest absolute Gasteiger partial charge is 0.444 e. The lowest BCUT2D eigenvalue weighted by atomic mass is 10.1. The summed E-state index contributed by atoms with van der Waals surface area (Å²) in [7, 11) is 1.76. The summed E-state index contributed by atoms with van der Waals surface area (Å²) in [6, 6.07) is 0.210. The molecular weight excluding hydrogens is 332 g/mol. The second-order valence-corrected chi connectivity index (χ2v) is 7.60. The van der Waals surface area contributed by atoms with E-state index in [0.29, 0.717) is 13.1 Å². The van der Waals surface area contributed by atoms with Gasteiger partial charge in [-0.25, -0.2) is 9.78 Å².